The number of hydrogen-bond acceptors (Lipinski definition) is 4. The smallest absolute Gasteiger partial charge is 0.407 e. The summed E-state index contributed by atoms with van der Waals surface area (Å²) < 4.78 is 5.44. The number of alkyl carbamates (subject to hydrolysis) is 1. The van der Waals surface area contributed by atoms with Gasteiger partial charge in [-0.3, -0.25) is 4.79 Å². The third-order valence-corrected chi connectivity index (χ3v) is 2.48. The van der Waals surface area contributed by atoms with Gasteiger partial charge in [-0.05, 0) is 32.9 Å². The molecule has 2 amide bonds. The first kappa shape index (κ1) is 16.2. The van der Waals surface area contributed by atoms with Crippen molar-refractivity contribution >= 4 is 24.2 Å². The summed E-state index contributed by atoms with van der Waals surface area (Å²) in [5.74, 6) is -0.280. The number of hydrogen-bond donors (Lipinski definition) is 3. The number of H-pyrrole nitrogens is 1. The van der Waals surface area contributed by atoms with Gasteiger partial charge >= 0.3 is 6.09 Å². The van der Waals surface area contributed by atoms with E-state index in [1.54, 1.807) is 39.1 Å². The van der Waals surface area contributed by atoms with E-state index >= 15 is 0 Å². The molecular formula is C13H19N3O3S. The Hall–Kier alpha value is -1.89. The summed E-state index contributed by atoms with van der Waals surface area (Å²) in [5, 5.41) is 5.21. The van der Waals surface area contributed by atoms with Crippen LogP contribution in [0.2, 0.25) is 0 Å². The van der Waals surface area contributed by atoms with E-state index < -0.39 is 11.7 Å². The number of aromatic nitrogens is 1. The lowest BCUT2D eigenvalue weighted by Gasteiger charge is -2.19. The molecule has 0 spiro atoms. The van der Waals surface area contributed by atoms with E-state index in [0.717, 1.165) is 0 Å². The van der Waals surface area contributed by atoms with Crippen molar-refractivity contribution in [2.75, 3.05) is 13.1 Å². The molecule has 6 nitrogen and oxygen atoms in total. The normalized spacial score (nSPS) is 10.8. The van der Waals surface area contributed by atoms with Gasteiger partial charge in [0.15, 0.2) is 0 Å². The van der Waals surface area contributed by atoms with Crippen molar-refractivity contribution in [3.63, 3.8) is 0 Å². The Bertz CT molecular complexity index is 534. The molecule has 1 aromatic heterocycles. The zero-order valence-corrected chi connectivity index (χ0v) is 12.6. The summed E-state index contributed by atoms with van der Waals surface area (Å²) in [7, 11) is 0. The first-order valence-electron chi connectivity index (χ1n) is 6.22. The molecule has 1 rings (SSSR count). The molecule has 0 radical (unpaired) electrons. The average molecular weight is 297 g/mol. The third kappa shape index (κ3) is 5.83. The Morgan fingerprint density at radius 2 is 1.95 bits per heavy atom. The SMILES string of the molecule is CC(C)(C)OC(=O)NCCNC(=O)c1ccc[nH]c1=S. The highest BCUT2D eigenvalue weighted by molar-refractivity contribution is 7.71. The topological polar surface area (TPSA) is 83.2 Å². The Balaban J connectivity index is 2.32. The van der Waals surface area contributed by atoms with Gasteiger partial charge in [-0.15, -0.1) is 0 Å². The molecule has 0 unspecified atom stereocenters. The first-order valence-corrected chi connectivity index (χ1v) is 6.63. The molecule has 7 heteroatoms. The van der Waals surface area contributed by atoms with E-state index in [9.17, 15) is 9.59 Å². The number of rotatable bonds is 4. The highest BCUT2D eigenvalue weighted by Crippen LogP contribution is 2.06. The van der Waals surface area contributed by atoms with Crippen molar-refractivity contribution < 1.29 is 14.3 Å². The van der Waals surface area contributed by atoms with Crippen LogP contribution in [0, 0.1) is 4.64 Å². The van der Waals surface area contributed by atoms with Gasteiger partial charge in [0.05, 0.1) is 5.56 Å². The zero-order valence-electron chi connectivity index (χ0n) is 11.8. The summed E-state index contributed by atoms with van der Waals surface area (Å²) >= 11 is 5.00. The predicted octanol–water partition coefficient (Wildman–Crippen LogP) is 2.00. The van der Waals surface area contributed by atoms with Crippen LogP contribution >= 0.6 is 12.2 Å². The summed E-state index contributed by atoms with van der Waals surface area (Å²) in [5.41, 5.74) is -0.135. The molecule has 0 saturated heterocycles. The van der Waals surface area contributed by atoms with Crippen LogP contribution in [0.4, 0.5) is 4.79 Å². The quantitative estimate of drug-likeness (QED) is 0.586. The average Bonchev–Trinajstić information content (AvgIpc) is 2.33. The van der Waals surface area contributed by atoms with E-state index in [0.29, 0.717) is 16.7 Å². The lowest BCUT2D eigenvalue weighted by molar-refractivity contribution is 0.0526. The van der Waals surface area contributed by atoms with Crippen molar-refractivity contribution in [1.29, 1.82) is 0 Å². The van der Waals surface area contributed by atoms with E-state index in [1.807, 2.05) is 0 Å². The van der Waals surface area contributed by atoms with Crippen LogP contribution in [0.25, 0.3) is 0 Å². The highest BCUT2D eigenvalue weighted by Gasteiger charge is 2.15. The van der Waals surface area contributed by atoms with Crippen molar-refractivity contribution in [3.05, 3.63) is 28.5 Å². The number of carbonyl (C=O) groups is 2. The molecule has 0 aliphatic heterocycles. The van der Waals surface area contributed by atoms with Gasteiger partial charge < -0.3 is 20.4 Å². The Morgan fingerprint density at radius 1 is 1.30 bits per heavy atom. The summed E-state index contributed by atoms with van der Waals surface area (Å²) in [6, 6.07) is 3.33. The zero-order chi connectivity index (χ0) is 15.2. The lowest BCUT2D eigenvalue weighted by atomic mass is 10.2. The van der Waals surface area contributed by atoms with E-state index in [2.05, 4.69) is 15.6 Å². The first-order chi connectivity index (χ1) is 9.29. The van der Waals surface area contributed by atoms with Gasteiger partial charge in [0.2, 0.25) is 0 Å². The Kier molecular flexibility index (Phi) is 5.69. The molecule has 0 saturated carbocycles. The number of carbonyl (C=O) groups excluding carboxylic acids is 2. The Labute approximate surface area is 122 Å². The fourth-order valence-corrected chi connectivity index (χ4v) is 1.58. The molecule has 110 valence electrons. The van der Waals surface area contributed by atoms with E-state index in [-0.39, 0.29) is 12.5 Å². The van der Waals surface area contributed by atoms with Crippen LogP contribution in [0.5, 0.6) is 0 Å². The standard InChI is InChI=1S/C13H19N3O3S/c1-13(2,3)19-12(18)16-8-7-14-10(17)9-5-4-6-15-11(9)20/h4-6H,7-8H2,1-3H3,(H,14,17)(H,15,20)(H,16,18). The molecular weight excluding hydrogens is 278 g/mol. The maximum absolute atomic E-state index is 11.8. The maximum atomic E-state index is 11.8. The number of amides is 2. The monoisotopic (exact) mass is 297 g/mol. The second kappa shape index (κ2) is 7.04. The van der Waals surface area contributed by atoms with Crippen LogP contribution in [0.3, 0.4) is 0 Å². The van der Waals surface area contributed by atoms with Gasteiger partial charge in [0.25, 0.3) is 5.91 Å². The van der Waals surface area contributed by atoms with Gasteiger partial charge in [0, 0.05) is 19.3 Å². The molecule has 1 heterocycles. The Morgan fingerprint density at radius 3 is 2.55 bits per heavy atom. The molecule has 0 atom stereocenters. The molecule has 3 N–H and O–H groups in total. The summed E-state index contributed by atoms with van der Waals surface area (Å²) in [4.78, 5) is 25.9. The van der Waals surface area contributed by atoms with Crippen LogP contribution in [0.1, 0.15) is 31.1 Å². The van der Waals surface area contributed by atoms with Crippen LogP contribution in [-0.4, -0.2) is 35.7 Å². The van der Waals surface area contributed by atoms with Crippen molar-refractivity contribution in [2.45, 2.75) is 26.4 Å². The second-order valence-electron chi connectivity index (χ2n) is 5.10. The van der Waals surface area contributed by atoms with E-state index in [4.69, 9.17) is 17.0 Å². The van der Waals surface area contributed by atoms with Crippen molar-refractivity contribution in [3.8, 4) is 0 Å². The van der Waals surface area contributed by atoms with Crippen molar-refractivity contribution in [2.24, 2.45) is 0 Å². The molecule has 0 bridgehead atoms. The number of ether oxygens (including phenoxy) is 1. The summed E-state index contributed by atoms with van der Waals surface area (Å²) in [6.07, 6.45) is 1.15. The molecule has 0 fully saturated rings. The highest BCUT2D eigenvalue weighted by atomic mass is 32.1. The molecule has 0 aliphatic rings. The number of pyridine rings is 1. The minimum absolute atomic E-state index is 0.280. The minimum Gasteiger partial charge on any atom is -0.444 e. The molecule has 20 heavy (non-hydrogen) atoms. The minimum atomic E-state index is -0.537. The molecule has 1 aromatic rings. The van der Waals surface area contributed by atoms with Crippen LogP contribution < -0.4 is 10.6 Å². The fraction of sp³-hybridized carbons (Fsp3) is 0.462. The number of nitrogens with one attached hydrogen (secondary N) is 3. The lowest BCUT2D eigenvalue weighted by Crippen LogP contribution is -2.37. The van der Waals surface area contributed by atoms with E-state index in [1.165, 1.54) is 0 Å². The van der Waals surface area contributed by atoms with Crippen LogP contribution in [-0.2, 0) is 4.74 Å². The van der Waals surface area contributed by atoms with Gasteiger partial charge in [-0.25, -0.2) is 4.79 Å². The molecule has 0 aromatic carbocycles. The number of aromatic amines is 1. The van der Waals surface area contributed by atoms with Crippen LogP contribution in [0.15, 0.2) is 18.3 Å². The third-order valence-electron chi connectivity index (χ3n) is 2.14. The second-order valence-corrected chi connectivity index (χ2v) is 5.51. The van der Waals surface area contributed by atoms with Crippen molar-refractivity contribution in [1.82, 2.24) is 15.6 Å². The molecule has 0 aliphatic carbocycles. The van der Waals surface area contributed by atoms with Gasteiger partial charge in [-0.2, -0.15) is 0 Å². The predicted molar refractivity (Wildman–Crippen MR) is 78.2 cm³/mol. The summed E-state index contributed by atoms with van der Waals surface area (Å²) in [6.45, 7) is 5.92. The largest absolute Gasteiger partial charge is 0.444 e. The van der Waals surface area contributed by atoms with Gasteiger partial charge in [0.1, 0.15) is 10.2 Å². The van der Waals surface area contributed by atoms with Gasteiger partial charge in [-0.1, -0.05) is 12.2 Å². The maximum Gasteiger partial charge on any atom is 0.407 e. The fourth-order valence-electron chi connectivity index (χ4n) is 1.35.